The molecular weight excluding hydrogens is 203 g/mol. The largest absolute Gasteiger partial charge is 0.497 e. The summed E-state index contributed by atoms with van der Waals surface area (Å²) in [6.07, 6.45) is 0. The molecule has 5 heteroatoms. The Morgan fingerprint density at radius 3 is 2.57 bits per heavy atom. The van der Waals surface area contributed by atoms with Crippen LogP contribution in [-0.4, -0.2) is 16.9 Å². The first kappa shape index (κ1) is 11.2. The van der Waals surface area contributed by atoms with E-state index < -0.39 is 13.3 Å². The molecule has 1 rings (SSSR count). The Morgan fingerprint density at radius 1 is 1.43 bits per heavy atom. The molecule has 1 aromatic carbocycles. The zero-order valence-electron chi connectivity index (χ0n) is 8.04. The van der Waals surface area contributed by atoms with Gasteiger partial charge < -0.3 is 14.5 Å². The van der Waals surface area contributed by atoms with E-state index in [0.29, 0.717) is 11.3 Å². The molecular formula is C9H13O4P. The number of benzene rings is 1. The second kappa shape index (κ2) is 4.13. The minimum absolute atomic E-state index is 0.581. The van der Waals surface area contributed by atoms with Crippen LogP contribution in [0.3, 0.4) is 0 Å². The van der Waals surface area contributed by atoms with E-state index in [1.165, 1.54) is 14.0 Å². The zero-order valence-corrected chi connectivity index (χ0v) is 8.94. The molecule has 0 bridgehead atoms. The third kappa shape index (κ3) is 2.58. The molecule has 0 saturated heterocycles. The van der Waals surface area contributed by atoms with Crippen LogP contribution in [0, 0.1) is 0 Å². The van der Waals surface area contributed by atoms with Crippen molar-refractivity contribution in [1.29, 1.82) is 0 Å². The van der Waals surface area contributed by atoms with Crippen LogP contribution in [0.15, 0.2) is 24.3 Å². The molecule has 14 heavy (non-hydrogen) atoms. The van der Waals surface area contributed by atoms with Gasteiger partial charge in [0, 0.05) is 0 Å². The molecule has 0 fully saturated rings. The van der Waals surface area contributed by atoms with Crippen LogP contribution in [0.25, 0.3) is 0 Å². The lowest BCUT2D eigenvalue weighted by Crippen LogP contribution is -1.95. The van der Waals surface area contributed by atoms with E-state index in [9.17, 15) is 4.57 Å². The van der Waals surface area contributed by atoms with Crippen LogP contribution >= 0.6 is 7.60 Å². The van der Waals surface area contributed by atoms with E-state index in [2.05, 4.69) is 0 Å². The molecule has 0 amide bonds. The van der Waals surface area contributed by atoms with Crippen LogP contribution in [0.1, 0.15) is 18.1 Å². The number of ether oxygens (including phenoxy) is 1. The summed E-state index contributed by atoms with van der Waals surface area (Å²) in [5.41, 5.74) is -0.213. The Labute approximate surface area is 82.7 Å². The number of hydrogen-bond donors (Lipinski definition) is 2. The molecule has 1 atom stereocenters. The fourth-order valence-electron chi connectivity index (χ4n) is 1.10. The van der Waals surface area contributed by atoms with Crippen molar-refractivity contribution in [1.82, 2.24) is 0 Å². The highest BCUT2D eigenvalue weighted by Gasteiger charge is 2.25. The first-order chi connectivity index (χ1) is 6.45. The van der Waals surface area contributed by atoms with Gasteiger partial charge in [0.15, 0.2) is 0 Å². The fraction of sp³-hybridized carbons (Fsp3) is 0.333. The topological polar surface area (TPSA) is 66.8 Å². The lowest BCUT2D eigenvalue weighted by Gasteiger charge is -2.14. The van der Waals surface area contributed by atoms with E-state index in [1.807, 2.05) is 0 Å². The molecule has 1 aromatic rings. The Bertz CT molecular complexity index is 358. The molecule has 0 aliphatic heterocycles. The number of methoxy groups -OCH3 is 1. The summed E-state index contributed by atoms with van der Waals surface area (Å²) in [6, 6.07) is 6.74. The van der Waals surface area contributed by atoms with Gasteiger partial charge >= 0.3 is 7.60 Å². The average Bonchev–Trinajstić information content (AvgIpc) is 2.15. The van der Waals surface area contributed by atoms with Crippen molar-refractivity contribution in [2.75, 3.05) is 7.11 Å². The Balaban J connectivity index is 3.01. The summed E-state index contributed by atoms with van der Waals surface area (Å²) >= 11 is 0. The molecule has 2 N–H and O–H groups in total. The highest BCUT2D eigenvalue weighted by atomic mass is 31.2. The quantitative estimate of drug-likeness (QED) is 0.757. The minimum Gasteiger partial charge on any atom is -0.497 e. The third-order valence-electron chi connectivity index (χ3n) is 2.08. The predicted octanol–water partition coefficient (Wildman–Crippen LogP) is 1.93. The molecule has 78 valence electrons. The molecule has 0 heterocycles. The van der Waals surface area contributed by atoms with Crippen molar-refractivity contribution in [3.8, 4) is 5.75 Å². The molecule has 0 aliphatic carbocycles. The summed E-state index contributed by atoms with van der Waals surface area (Å²) in [5.74, 6) is 0.600. The highest BCUT2D eigenvalue weighted by Crippen LogP contribution is 2.51. The monoisotopic (exact) mass is 216 g/mol. The first-order valence-electron chi connectivity index (χ1n) is 4.14. The van der Waals surface area contributed by atoms with Crippen molar-refractivity contribution < 1.29 is 19.1 Å². The third-order valence-corrected chi connectivity index (χ3v) is 3.39. The normalized spacial score (nSPS) is 13.7. The summed E-state index contributed by atoms with van der Waals surface area (Å²) in [4.78, 5) is 17.9. The smallest absolute Gasteiger partial charge is 0.332 e. The molecule has 0 saturated carbocycles. The number of hydrogen-bond acceptors (Lipinski definition) is 2. The molecule has 0 unspecified atom stereocenters. The van der Waals surface area contributed by atoms with Gasteiger partial charge in [-0.25, -0.2) is 0 Å². The molecule has 4 nitrogen and oxygen atoms in total. The Hall–Kier alpha value is -0.830. The van der Waals surface area contributed by atoms with Crippen LogP contribution in [0.2, 0.25) is 0 Å². The van der Waals surface area contributed by atoms with Crippen molar-refractivity contribution in [3.05, 3.63) is 29.8 Å². The minimum atomic E-state index is -4.06. The van der Waals surface area contributed by atoms with Crippen LogP contribution in [0.5, 0.6) is 5.75 Å². The van der Waals surface area contributed by atoms with Gasteiger partial charge in [-0.1, -0.05) is 12.1 Å². The predicted molar refractivity (Wildman–Crippen MR) is 53.5 cm³/mol. The molecule has 0 spiro atoms. The summed E-state index contributed by atoms with van der Waals surface area (Å²) in [7, 11) is -2.55. The van der Waals surface area contributed by atoms with Gasteiger partial charge in [0.05, 0.1) is 12.8 Å². The standard InChI is InChI=1S/C9H13O4P/c1-7(14(10,11)12)8-4-3-5-9(6-8)13-2/h3-7H,1-2H3,(H2,10,11,12)/t7-/m0/s1. The first-order valence-corrected chi connectivity index (χ1v) is 5.82. The van der Waals surface area contributed by atoms with Gasteiger partial charge in [-0.15, -0.1) is 0 Å². The number of rotatable bonds is 3. The lowest BCUT2D eigenvalue weighted by atomic mass is 10.1. The summed E-state index contributed by atoms with van der Waals surface area (Å²) in [6.45, 7) is 1.50. The fourth-order valence-corrected chi connectivity index (χ4v) is 1.64. The Kier molecular flexibility index (Phi) is 3.32. The molecule has 0 aromatic heterocycles. The average molecular weight is 216 g/mol. The van der Waals surface area contributed by atoms with Gasteiger partial charge in [0.1, 0.15) is 5.75 Å². The van der Waals surface area contributed by atoms with E-state index >= 15 is 0 Å². The van der Waals surface area contributed by atoms with Gasteiger partial charge in [-0.05, 0) is 24.6 Å². The summed E-state index contributed by atoms with van der Waals surface area (Å²) in [5, 5.41) is 0. The maximum atomic E-state index is 11.0. The highest BCUT2D eigenvalue weighted by molar-refractivity contribution is 7.52. The van der Waals surface area contributed by atoms with Gasteiger partial charge in [0.25, 0.3) is 0 Å². The van der Waals surface area contributed by atoms with Crippen molar-refractivity contribution in [3.63, 3.8) is 0 Å². The van der Waals surface area contributed by atoms with E-state index in [-0.39, 0.29) is 0 Å². The Morgan fingerprint density at radius 2 is 2.07 bits per heavy atom. The van der Waals surface area contributed by atoms with Crippen molar-refractivity contribution in [2.24, 2.45) is 0 Å². The van der Waals surface area contributed by atoms with Crippen LogP contribution < -0.4 is 4.74 Å². The SMILES string of the molecule is COc1cccc([C@H](C)P(=O)(O)O)c1. The molecule has 0 radical (unpaired) electrons. The van der Waals surface area contributed by atoms with Gasteiger partial charge in [0.2, 0.25) is 0 Å². The van der Waals surface area contributed by atoms with Crippen molar-refractivity contribution >= 4 is 7.60 Å². The van der Waals surface area contributed by atoms with Crippen LogP contribution in [0.4, 0.5) is 0 Å². The van der Waals surface area contributed by atoms with Gasteiger partial charge in [-0.3, -0.25) is 4.57 Å². The maximum absolute atomic E-state index is 11.0. The zero-order chi connectivity index (χ0) is 10.8. The molecule has 0 aliphatic rings. The van der Waals surface area contributed by atoms with Crippen molar-refractivity contribution in [2.45, 2.75) is 12.6 Å². The van der Waals surface area contributed by atoms with E-state index in [4.69, 9.17) is 14.5 Å². The second-order valence-corrected chi connectivity index (χ2v) is 4.99. The maximum Gasteiger partial charge on any atom is 0.332 e. The van der Waals surface area contributed by atoms with E-state index in [0.717, 1.165) is 0 Å². The van der Waals surface area contributed by atoms with E-state index in [1.54, 1.807) is 24.3 Å². The van der Waals surface area contributed by atoms with Gasteiger partial charge in [-0.2, -0.15) is 0 Å². The van der Waals surface area contributed by atoms with Crippen LogP contribution in [-0.2, 0) is 4.57 Å². The second-order valence-electron chi connectivity index (χ2n) is 3.04. The summed E-state index contributed by atoms with van der Waals surface area (Å²) < 4.78 is 15.9. The lowest BCUT2D eigenvalue weighted by molar-refractivity contribution is 0.361.